The van der Waals surface area contributed by atoms with Gasteiger partial charge in [-0.1, -0.05) is 48.5 Å². The highest BCUT2D eigenvalue weighted by Crippen LogP contribution is 2.20. The van der Waals surface area contributed by atoms with E-state index in [2.05, 4.69) is 4.74 Å². The zero-order chi connectivity index (χ0) is 17.2. The topological polar surface area (TPSA) is 43.4 Å². The van der Waals surface area contributed by atoms with Crippen LogP contribution in [-0.4, -0.2) is 24.6 Å². The molecular formula is C20H20O3S. The second-order valence-corrected chi connectivity index (χ2v) is 6.33. The Bertz CT molecular complexity index is 691. The maximum Gasteiger partial charge on any atom is 0.305 e. The van der Waals surface area contributed by atoms with Gasteiger partial charge in [0.1, 0.15) is 0 Å². The van der Waals surface area contributed by atoms with Crippen LogP contribution in [0.25, 0.3) is 6.08 Å². The molecular weight excluding hydrogens is 320 g/mol. The van der Waals surface area contributed by atoms with Crippen molar-refractivity contribution in [3.8, 4) is 0 Å². The Kier molecular flexibility index (Phi) is 7.30. The molecule has 0 bridgehead atoms. The van der Waals surface area contributed by atoms with Crippen molar-refractivity contribution < 1.29 is 14.3 Å². The molecule has 0 aliphatic carbocycles. The van der Waals surface area contributed by atoms with Crippen LogP contribution in [0.5, 0.6) is 0 Å². The Morgan fingerprint density at radius 2 is 1.75 bits per heavy atom. The van der Waals surface area contributed by atoms with Gasteiger partial charge in [-0.05, 0) is 35.9 Å². The summed E-state index contributed by atoms with van der Waals surface area (Å²) < 4.78 is 4.61. The van der Waals surface area contributed by atoms with Gasteiger partial charge in [0.25, 0.3) is 0 Å². The molecule has 0 amide bonds. The van der Waals surface area contributed by atoms with Crippen LogP contribution in [0.3, 0.4) is 0 Å². The fourth-order valence-electron chi connectivity index (χ4n) is 2.05. The molecule has 0 aliphatic heterocycles. The quantitative estimate of drug-likeness (QED) is 0.231. The molecule has 0 saturated heterocycles. The third-order valence-electron chi connectivity index (χ3n) is 3.39. The van der Waals surface area contributed by atoms with Gasteiger partial charge in [0.2, 0.25) is 0 Å². The van der Waals surface area contributed by atoms with E-state index in [0.717, 1.165) is 22.6 Å². The van der Waals surface area contributed by atoms with E-state index in [1.807, 2.05) is 48.5 Å². The molecule has 0 radical (unpaired) electrons. The average Bonchev–Trinajstić information content (AvgIpc) is 2.64. The van der Waals surface area contributed by atoms with Crippen molar-refractivity contribution in [3.63, 3.8) is 0 Å². The lowest BCUT2D eigenvalue weighted by molar-refractivity contribution is -0.140. The first kappa shape index (κ1) is 18.0. The summed E-state index contributed by atoms with van der Waals surface area (Å²) in [5.74, 6) is 0.701. The van der Waals surface area contributed by atoms with Gasteiger partial charge in [-0.25, -0.2) is 0 Å². The van der Waals surface area contributed by atoms with Gasteiger partial charge in [0.05, 0.1) is 7.11 Å². The molecule has 0 aliphatic rings. The normalized spacial score (nSPS) is 10.7. The fourth-order valence-corrected chi connectivity index (χ4v) is 2.91. The predicted molar refractivity (Wildman–Crippen MR) is 98.2 cm³/mol. The molecule has 2 aromatic rings. The molecule has 0 atom stereocenters. The number of rotatable bonds is 8. The van der Waals surface area contributed by atoms with E-state index in [1.165, 1.54) is 7.11 Å². The van der Waals surface area contributed by atoms with Crippen molar-refractivity contribution in [2.24, 2.45) is 0 Å². The number of thioether (sulfide) groups is 1. The molecule has 0 aromatic heterocycles. The Morgan fingerprint density at radius 3 is 2.42 bits per heavy atom. The number of methoxy groups -OCH3 is 1. The van der Waals surface area contributed by atoms with E-state index >= 15 is 0 Å². The summed E-state index contributed by atoms with van der Waals surface area (Å²) in [5, 5.41) is 0. The number of benzene rings is 2. The van der Waals surface area contributed by atoms with Gasteiger partial charge in [-0.15, -0.1) is 11.8 Å². The van der Waals surface area contributed by atoms with Crippen LogP contribution in [-0.2, 0) is 9.53 Å². The van der Waals surface area contributed by atoms with Crippen LogP contribution in [0.2, 0.25) is 0 Å². The van der Waals surface area contributed by atoms with Crippen LogP contribution in [0.15, 0.2) is 65.6 Å². The highest BCUT2D eigenvalue weighted by molar-refractivity contribution is 7.99. The van der Waals surface area contributed by atoms with Crippen molar-refractivity contribution in [3.05, 3.63) is 71.8 Å². The van der Waals surface area contributed by atoms with E-state index in [-0.39, 0.29) is 11.8 Å². The number of ether oxygens (including phenoxy) is 1. The highest BCUT2D eigenvalue weighted by atomic mass is 32.2. The second kappa shape index (κ2) is 9.73. The van der Waals surface area contributed by atoms with Crippen molar-refractivity contribution in [1.29, 1.82) is 0 Å². The Morgan fingerprint density at radius 1 is 1.04 bits per heavy atom. The van der Waals surface area contributed by atoms with Crippen LogP contribution in [0, 0.1) is 0 Å². The molecule has 4 heteroatoms. The maximum atomic E-state index is 12.0. The first-order valence-electron chi connectivity index (χ1n) is 7.76. The Hall–Kier alpha value is -2.33. The summed E-state index contributed by atoms with van der Waals surface area (Å²) in [6, 6.07) is 17.2. The highest BCUT2D eigenvalue weighted by Gasteiger charge is 2.01. The van der Waals surface area contributed by atoms with Crippen molar-refractivity contribution in [1.82, 2.24) is 0 Å². The standard InChI is InChI=1S/C20H20O3S/c1-23-20(22)8-5-15-24-18-12-9-16(10-13-18)11-14-19(21)17-6-3-2-4-7-17/h2-4,6-7,9-14H,5,8,15H2,1H3/b14-11+. The number of hydrogen-bond acceptors (Lipinski definition) is 4. The van der Waals surface area contributed by atoms with Gasteiger partial charge in [0.15, 0.2) is 5.78 Å². The Labute approximate surface area is 146 Å². The largest absolute Gasteiger partial charge is 0.469 e. The van der Waals surface area contributed by atoms with Crippen molar-refractivity contribution in [2.75, 3.05) is 12.9 Å². The number of esters is 1. The first-order valence-corrected chi connectivity index (χ1v) is 8.75. The molecule has 3 nitrogen and oxygen atoms in total. The summed E-state index contributed by atoms with van der Waals surface area (Å²) in [4.78, 5) is 24.2. The number of allylic oxidation sites excluding steroid dienone is 1. The minimum Gasteiger partial charge on any atom is -0.469 e. The second-order valence-electron chi connectivity index (χ2n) is 5.16. The SMILES string of the molecule is COC(=O)CCCSc1ccc(/C=C/C(=O)c2ccccc2)cc1. The molecule has 2 rings (SSSR count). The molecule has 0 saturated carbocycles. The lowest BCUT2D eigenvalue weighted by Crippen LogP contribution is -1.99. The smallest absolute Gasteiger partial charge is 0.305 e. The van der Waals surface area contributed by atoms with Crippen LogP contribution >= 0.6 is 11.8 Å². The predicted octanol–water partition coefficient (Wildman–Crippen LogP) is 4.63. The molecule has 24 heavy (non-hydrogen) atoms. The maximum absolute atomic E-state index is 12.0. The molecule has 0 unspecified atom stereocenters. The zero-order valence-corrected chi connectivity index (χ0v) is 14.4. The van der Waals surface area contributed by atoms with E-state index in [4.69, 9.17) is 0 Å². The van der Waals surface area contributed by atoms with Gasteiger partial charge in [-0.2, -0.15) is 0 Å². The third-order valence-corrected chi connectivity index (χ3v) is 4.49. The van der Waals surface area contributed by atoms with E-state index in [9.17, 15) is 9.59 Å². The number of carbonyl (C=O) groups excluding carboxylic acids is 2. The zero-order valence-electron chi connectivity index (χ0n) is 13.6. The summed E-state index contributed by atoms with van der Waals surface area (Å²) in [6.07, 6.45) is 4.66. The van der Waals surface area contributed by atoms with Crippen LogP contribution < -0.4 is 0 Å². The van der Waals surface area contributed by atoms with Gasteiger partial charge < -0.3 is 4.74 Å². The molecule has 0 fully saturated rings. The molecule has 0 heterocycles. The van der Waals surface area contributed by atoms with Crippen LogP contribution in [0.1, 0.15) is 28.8 Å². The van der Waals surface area contributed by atoms with Gasteiger partial charge >= 0.3 is 5.97 Å². The minimum absolute atomic E-state index is 0.00291. The van der Waals surface area contributed by atoms with Gasteiger partial charge in [-0.3, -0.25) is 9.59 Å². The average molecular weight is 340 g/mol. The fraction of sp³-hybridized carbons (Fsp3) is 0.200. The third kappa shape index (κ3) is 6.05. The van der Waals surface area contributed by atoms with Crippen molar-refractivity contribution >= 4 is 29.6 Å². The number of carbonyl (C=O) groups is 2. The molecule has 0 N–H and O–H groups in total. The first-order chi connectivity index (χ1) is 11.7. The summed E-state index contributed by atoms with van der Waals surface area (Å²) in [6.45, 7) is 0. The van der Waals surface area contributed by atoms with Gasteiger partial charge in [0, 0.05) is 16.9 Å². The van der Waals surface area contributed by atoms with E-state index in [1.54, 1.807) is 30.0 Å². The molecule has 0 spiro atoms. The molecule has 2 aromatic carbocycles. The number of ketones is 1. The minimum atomic E-state index is -0.167. The van der Waals surface area contributed by atoms with E-state index in [0.29, 0.717) is 12.0 Å². The summed E-state index contributed by atoms with van der Waals surface area (Å²) in [7, 11) is 1.41. The number of hydrogen-bond donors (Lipinski definition) is 0. The lowest BCUT2D eigenvalue weighted by atomic mass is 10.1. The molecule has 124 valence electrons. The van der Waals surface area contributed by atoms with E-state index < -0.39 is 0 Å². The summed E-state index contributed by atoms with van der Waals surface area (Å²) in [5.41, 5.74) is 1.67. The lowest BCUT2D eigenvalue weighted by Gasteiger charge is -2.02. The van der Waals surface area contributed by atoms with Crippen molar-refractivity contribution in [2.45, 2.75) is 17.7 Å². The monoisotopic (exact) mass is 340 g/mol. The summed E-state index contributed by atoms with van der Waals surface area (Å²) >= 11 is 1.70. The van der Waals surface area contributed by atoms with Crippen LogP contribution in [0.4, 0.5) is 0 Å². The Balaban J connectivity index is 1.82.